The van der Waals surface area contributed by atoms with Crippen LogP contribution < -0.4 is 5.32 Å². The van der Waals surface area contributed by atoms with E-state index in [0.717, 1.165) is 12.2 Å². The van der Waals surface area contributed by atoms with Gasteiger partial charge in [0.1, 0.15) is 12.4 Å². The standard InChI is InChI=1S/C13H23NO3/c1-4-13(2,3)14-8-11(15)9-16-10-12-6-5-7-17-12/h5-7,11,14-15H,4,8-10H2,1-3H3. The Balaban J connectivity index is 2.11. The van der Waals surface area contributed by atoms with Crippen LogP contribution >= 0.6 is 0 Å². The molecule has 0 saturated heterocycles. The zero-order chi connectivity index (χ0) is 12.7. The number of hydrogen-bond donors (Lipinski definition) is 2. The summed E-state index contributed by atoms with van der Waals surface area (Å²) >= 11 is 0. The Kier molecular flexibility index (Phi) is 5.68. The van der Waals surface area contributed by atoms with Crippen molar-refractivity contribution in [3.8, 4) is 0 Å². The highest BCUT2D eigenvalue weighted by molar-refractivity contribution is 4.96. The van der Waals surface area contributed by atoms with Gasteiger partial charge >= 0.3 is 0 Å². The highest BCUT2D eigenvalue weighted by Gasteiger charge is 2.15. The van der Waals surface area contributed by atoms with Crippen LogP contribution in [0.3, 0.4) is 0 Å². The smallest absolute Gasteiger partial charge is 0.129 e. The van der Waals surface area contributed by atoms with E-state index in [1.54, 1.807) is 6.26 Å². The lowest BCUT2D eigenvalue weighted by Crippen LogP contribution is -2.43. The van der Waals surface area contributed by atoms with Crippen LogP contribution in [0.25, 0.3) is 0 Å². The molecule has 2 N–H and O–H groups in total. The normalized spacial score (nSPS) is 13.9. The van der Waals surface area contributed by atoms with Crippen LogP contribution in [0.4, 0.5) is 0 Å². The first kappa shape index (κ1) is 14.2. The van der Waals surface area contributed by atoms with E-state index in [1.165, 1.54) is 0 Å². The van der Waals surface area contributed by atoms with Crippen molar-refractivity contribution in [3.63, 3.8) is 0 Å². The lowest BCUT2D eigenvalue weighted by atomic mass is 10.0. The Morgan fingerprint density at radius 2 is 2.29 bits per heavy atom. The maximum absolute atomic E-state index is 9.72. The largest absolute Gasteiger partial charge is 0.467 e. The van der Waals surface area contributed by atoms with Crippen molar-refractivity contribution in [2.45, 2.75) is 45.4 Å². The lowest BCUT2D eigenvalue weighted by Gasteiger charge is -2.26. The third-order valence-electron chi connectivity index (χ3n) is 2.83. The molecule has 0 spiro atoms. The van der Waals surface area contributed by atoms with Crippen LogP contribution in [0.5, 0.6) is 0 Å². The van der Waals surface area contributed by atoms with Gasteiger partial charge in [-0.1, -0.05) is 6.92 Å². The number of hydrogen-bond acceptors (Lipinski definition) is 4. The van der Waals surface area contributed by atoms with E-state index in [4.69, 9.17) is 9.15 Å². The topological polar surface area (TPSA) is 54.6 Å². The fraction of sp³-hybridized carbons (Fsp3) is 0.692. The minimum atomic E-state index is -0.490. The minimum Gasteiger partial charge on any atom is -0.467 e. The van der Waals surface area contributed by atoms with Gasteiger partial charge in [-0.3, -0.25) is 0 Å². The Morgan fingerprint density at radius 3 is 2.88 bits per heavy atom. The zero-order valence-corrected chi connectivity index (χ0v) is 10.9. The van der Waals surface area contributed by atoms with E-state index in [9.17, 15) is 5.11 Å². The van der Waals surface area contributed by atoms with Crippen molar-refractivity contribution in [1.29, 1.82) is 0 Å². The monoisotopic (exact) mass is 241 g/mol. The molecule has 0 fully saturated rings. The Labute approximate surface area is 103 Å². The van der Waals surface area contributed by atoms with Gasteiger partial charge in [-0.25, -0.2) is 0 Å². The van der Waals surface area contributed by atoms with E-state index in [2.05, 4.69) is 26.1 Å². The molecule has 0 bridgehead atoms. The van der Waals surface area contributed by atoms with Crippen LogP contribution in [0.15, 0.2) is 22.8 Å². The average molecular weight is 241 g/mol. The van der Waals surface area contributed by atoms with Crippen molar-refractivity contribution < 1.29 is 14.3 Å². The average Bonchev–Trinajstić information content (AvgIpc) is 2.80. The van der Waals surface area contributed by atoms with E-state index < -0.39 is 6.10 Å². The van der Waals surface area contributed by atoms with E-state index >= 15 is 0 Å². The number of β-amino-alcohol motifs (C(OH)–C–C–N with tert-alkyl or cyclic N) is 1. The lowest BCUT2D eigenvalue weighted by molar-refractivity contribution is 0.0197. The van der Waals surface area contributed by atoms with Crippen molar-refractivity contribution in [2.75, 3.05) is 13.2 Å². The molecule has 1 unspecified atom stereocenters. The molecule has 0 saturated carbocycles. The summed E-state index contributed by atoms with van der Waals surface area (Å²) < 4.78 is 10.5. The van der Waals surface area contributed by atoms with Crippen LogP contribution in [0, 0.1) is 0 Å². The Bertz CT molecular complexity index is 296. The van der Waals surface area contributed by atoms with E-state index in [-0.39, 0.29) is 5.54 Å². The van der Waals surface area contributed by atoms with Crippen molar-refractivity contribution in [2.24, 2.45) is 0 Å². The quantitative estimate of drug-likeness (QED) is 0.730. The summed E-state index contributed by atoms with van der Waals surface area (Å²) in [6.07, 6.45) is 2.14. The van der Waals surface area contributed by atoms with Gasteiger partial charge < -0.3 is 19.6 Å². The number of furan rings is 1. The SMILES string of the molecule is CCC(C)(C)NCC(O)COCc1ccco1. The van der Waals surface area contributed by atoms with Gasteiger partial charge in [0.15, 0.2) is 0 Å². The molecule has 0 aliphatic carbocycles. The molecule has 1 aromatic rings. The van der Waals surface area contributed by atoms with Gasteiger partial charge in [0.05, 0.1) is 19.0 Å². The number of rotatable bonds is 8. The summed E-state index contributed by atoms with van der Waals surface area (Å²) in [4.78, 5) is 0. The maximum Gasteiger partial charge on any atom is 0.129 e. The van der Waals surface area contributed by atoms with E-state index in [0.29, 0.717) is 19.8 Å². The van der Waals surface area contributed by atoms with Gasteiger partial charge in [0.2, 0.25) is 0 Å². The summed E-state index contributed by atoms with van der Waals surface area (Å²) in [7, 11) is 0. The van der Waals surface area contributed by atoms with Gasteiger partial charge in [0, 0.05) is 12.1 Å². The van der Waals surface area contributed by atoms with Crippen molar-refractivity contribution >= 4 is 0 Å². The maximum atomic E-state index is 9.72. The van der Waals surface area contributed by atoms with Crippen LogP contribution in [0.1, 0.15) is 33.0 Å². The van der Waals surface area contributed by atoms with Gasteiger partial charge in [0.25, 0.3) is 0 Å². The molecule has 0 radical (unpaired) electrons. The molecule has 4 heteroatoms. The van der Waals surface area contributed by atoms with Crippen LogP contribution in [-0.2, 0) is 11.3 Å². The molecular formula is C13H23NO3. The first-order valence-corrected chi connectivity index (χ1v) is 6.06. The third kappa shape index (κ3) is 5.86. The summed E-state index contributed by atoms with van der Waals surface area (Å²) in [5.74, 6) is 0.777. The zero-order valence-electron chi connectivity index (χ0n) is 10.9. The molecular weight excluding hydrogens is 218 g/mol. The molecule has 1 atom stereocenters. The second-order valence-corrected chi connectivity index (χ2v) is 4.87. The first-order chi connectivity index (χ1) is 8.03. The molecule has 17 heavy (non-hydrogen) atoms. The van der Waals surface area contributed by atoms with Gasteiger partial charge in [-0.2, -0.15) is 0 Å². The Hall–Kier alpha value is -0.840. The predicted octanol–water partition coefficient (Wildman–Crippen LogP) is 1.94. The summed E-state index contributed by atoms with van der Waals surface area (Å²) in [5, 5.41) is 13.0. The molecule has 4 nitrogen and oxygen atoms in total. The third-order valence-corrected chi connectivity index (χ3v) is 2.83. The molecule has 1 heterocycles. The molecule has 1 aromatic heterocycles. The minimum absolute atomic E-state index is 0.0575. The molecule has 98 valence electrons. The van der Waals surface area contributed by atoms with Crippen LogP contribution in [-0.4, -0.2) is 29.9 Å². The first-order valence-electron chi connectivity index (χ1n) is 6.06. The molecule has 0 aliphatic rings. The number of ether oxygens (including phenoxy) is 1. The predicted molar refractivity (Wildman–Crippen MR) is 66.7 cm³/mol. The fourth-order valence-electron chi connectivity index (χ4n) is 1.27. The number of aliphatic hydroxyl groups is 1. The van der Waals surface area contributed by atoms with Gasteiger partial charge in [-0.05, 0) is 32.4 Å². The number of nitrogens with one attached hydrogen (secondary N) is 1. The second-order valence-electron chi connectivity index (χ2n) is 4.87. The molecule has 0 amide bonds. The van der Waals surface area contributed by atoms with Crippen molar-refractivity contribution in [3.05, 3.63) is 24.2 Å². The highest BCUT2D eigenvalue weighted by atomic mass is 16.5. The highest BCUT2D eigenvalue weighted by Crippen LogP contribution is 2.07. The summed E-state index contributed by atoms with van der Waals surface area (Å²) in [6, 6.07) is 3.67. The van der Waals surface area contributed by atoms with Crippen molar-refractivity contribution in [1.82, 2.24) is 5.32 Å². The molecule has 0 aromatic carbocycles. The van der Waals surface area contributed by atoms with Gasteiger partial charge in [-0.15, -0.1) is 0 Å². The number of aliphatic hydroxyl groups excluding tert-OH is 1. The molecule has 0 aliphatic heterocycles. The summed E-state index contributed by atoms with van der Waals surface area (Å²) in [6.45, 7) is 7.60. The Morgan fingerprint density at radius 1 is 1.53 bits per heavy atom. The summed E-state index contributed by atoms with van der Waals surface area (Å²) in [5.41, 5.74) is 0.0575. The fourth-order valence-corrected chi connectivity index (χ4v) is 1.27. The second kappa shape index (κ2) is 6.79. The van der Waals surface area contributed by atoms with Crippen LogP contribution in [0.2, 0.25) is 0 Å². The van der Waals surface area contributed by atoms with E-state index in [1.807, 2.05) is 12.1 Å². The molecule has 1 rings (SSSR count).